The fourth-order valence-corrected chi connectivity index (χ4v) is 3.14. The average Bonchev–Trinajstić information content (AvgIpc) is 2.55. The maximum atomic E-state index is 12.6. The molecule has 1 aromatic rings. The third kappa shape index (κ3) is 6.22. The van der Waals surface area contributed by atoms with E-state index in [0.717, 1.165) is 17.8 Å². The quantitative estimate of drug-likeness (QED) is 0.786. The monoisotopic (exact) mass is 354 g/mol. The average molecular weight is 354 g/mol. The lowest BCUT2D eigenvalue weighted by Crippen LogP contribution is -2.53. The molecular weight excluding hydrogens is 329 g/mol. The smallest absolute Gasteiger partial charge is 0.374 e. The number of alkyl halides is 3. The Hall–Kier alpha value is -1.78. The molecule has 138 valence electrons. The fourth-order valence-electron chi connectivity index (χ4n) is 3.14. The molecule has 0 N–H and O–H groups in total. The topological polar surface area (TPSA) is 33.5 Å². The molecule has 2 rings (SSSR count). The number of hydrogen-bond donors (Lipinski definition) is 0. The van der Waals surface area contributed by atoms with Crippen molar-refractivity contribution in [3.63, 3.8) is 0 Å². The predicted molar refractivity (Wildman–Crippen MR) is 92.3 cm³/mol. The van der Waals surface area contributed by atoms with Crippen molar-refractivity contribution in [2.24, 2.45) is 0 Å². The zero-order valence-corrected chi connectivity index (χ0v) is 14.8. The summed E-state index contributed by atoms with van der Waals surface area (Å²) in [7, 11) is 1.95. The first kappa shape index (κ1) is 19.5. The Morgan fingerprint density at radius 3 is 2.48 bits per heavy atom. The van der Waals surface area contributed by atoms with E-state index in [-0.39, 0.29) is 6.04 Å². The summed E-state index contributed by atoms with van der Waals surface area (Å²) < 4.78 is 37.7. The molecule has 7 heteroatoms. The standard InChI is InChI=1S/C18H25F3N4/c1-15-12-24(10-11-25(15)14-18(19,20)21)13-16-4-6-17(7-5-16)23(2)9-3-8-22/h4-7,15H,3,9-14H2,1-2H3. The molecule has 1 atom stereocenters. The van der Waals surface area contributed by atoms with Crippen LogP contribution < -0.4 is 4.90 Å². The highest BCUT2D eigenvalue weighted by Crippen LogP contribution is 2.21. The maximum Gasteiger partial charge on any atom is 0.401 e. The van der Waals surface area contributed by atoms with Crippen molar-refractivity contribution in [3.05, 3.63) is 29.8 Å². The van der Waals surface area contributed by atoms with Gasteiger partial charge >= 0.3 is 6.18 Å². The van der Waals surface area contributed by atoms with E-state index in [4.69, 9.17) is 5.26 Å². The minimum atomic E-state index is -4.14. The van der Waals surface area contributed by atoms with E-state index in [1.165, 1.54) is 4.90 Å². The van der Waals surface area contributed by atoms with Crippen molar-refractivity contribution in [2.45, 2.75) is 32.1 Å². The van der Waals surface area contributed by atoms with Gasteiger partial charge in [0.1, 0.15) is 0 Å². The Morgan fingerprint density at radius 2 is 1.92 bits per heavy atom. The van der Waals surface area contributed by atoms with Gasteiger partial charge in [0, 0.05) is 51.5 Å². The molecule has 1 unspecified atom stereocenters. The molecule has 0 spiro atoms. The van der Waals surface area contributed by atoms with Crippen molar-refractivity contribution < 1.29 is 13.2 Å². The lowest BCUT2D eigenvalue weighted by atomic mass is 10.1. The number of rotatable bonds is 6. The van der Waals surface area contributed by atoms with Gasteiger partial charge in [-0.25, -0.2) is 0 Å². The number of halogens is 3. The summed E-state index contributed by atoms with van der Waals surface area (Å²) in [6.45, 7) is 4.18. The number of nitrogens with zero attached hydrogens (tertiary/aromatic N) is 4. The van der Waals surface area contributed by atoms with Crippen LogP contribution in [0.15, 0.2) is 24.3 Å². The van der Waals surface area contributed by atoms with Crippen molar-refractivity contribution in [1.29, 1.82) is 5.26 Å². The normalized spacial score (nSPS) is 19.6. The molecule has 0 bridgehead atoms. The van der Waals surface area contributed by atoms with E-state index in [9.17, 15) is 13.2 Å². The van der Waals surface area contributed by atoms with Crippen LogP contribution >= 0.6 is 0 Å². The third-order valence-electron chi connectivity index (χ3n) is 4.57. The van der Waals surface area contributed by atoms with Gasteiger partial charge in [0.05, 0.1) is 19.0 Å². The molecular formula is C18H25F3N4. The Balaban J connectivity index is 1.86. The van der Waals surface area contributed by atoms with E-state index in [2.05, 4.69) is 11.0 Å². The second-order valence-electron chi connectivity index (χ2n) is 6.67. The molecule has 1 aliphatic rings. The zero-order chi connectivity index (χ0) is 18.4. The summed E-state index contributed by atoms with van der Waals surface area (Å²) >= 11 is 0. The van der Waals surface area contributed by atoms with E-state index in [1.54, 1.807) is 0 Å². The van der Waals surface area contributed by atoms with Crippen molar-refractivity contribution in [2.75, 3.05) is 44.7 Å². The molecule has 0 saturated carbocycles. The van der Waals surface area contributed by atoms with Crippen LogP contribution in [0.4, 0.5) is 18.9 Å². The molecule has 25 heavy (non-hydrogen) atoms. The van der Waals surface area contributed by atoms with Gasteiger partial charge in [0.2, 0.25) is 0 Å². The predicted octanol–water partition coefficient (Wildman–Crippen LogP) is 3.10. The van der Waals surface area contributed by atoms with Gasteiger partial charge in [-0.15, -0.1) is 0 Å². The number of piperazine rings is 1. The number of hydrogen-bond acceptors (Lipinski definition) is 4. The van der Waals surface area contributed by atoms with Gasteiger partial charge in [0.25, 0.3) is 0 Å². The van der Waals surface area contributed by atoms with Gasteiger partial charge in [-0.1, -0.05) is 12.1 Å². The molecule has 0 aliphatic carbocycles. The molecule has 0 amide bonds. The van der Waals surface area contributed by atoms with Gasteiger partial charge in [-0.05, 0) is 24.6 Å². The molecule has 1 saturated heterocycles. The van der Waals surface area contributed by atoms with Gasteiger partial charge in [0.15, 0.2) is 0 Å². The highest BCUT2D eigenvalue weighted by molar-refractivity contribution is 5.46. The summed E-state index contributed by atoms with van der Waals surface area (Å²) in [6, 6.07) is 10.2. The second kappa shape index (κ2) is 8.54. The van der Waals surface area contributed by atoms with E-state index in [1.807, 2.05) is 43.1 Å². The Labute approximate surface area is 147 Å². The van der Waals surface area contributed by atoms with Crippen LogP contribution in [0.3, 0.4) is 0 Å². The highest BCUT2D eigenvalue weighted by Gasteiger charge is 2.34. The third-order valence-corrected chi connectivity index (χ3v) is 4.57. The first-order valence-electron chi connectivity index (χ1n) is 8.48. The first-order valence-corrected chi connectivity index (χ1v) is 8.48. The summed E-state index contributed by atoms with van der Waals surface area (Å²) in [4.78, 5) is 5.74. The van der Waals surface area contributed by atoms with Crippen molar-refractivity contribution in [1.82, 2.24) is 9.80 Å². The van der Waals surface area contributed by atoms with Gasteiger partial charge in [-0.3, -0.25) is 9.80 Å². The summed E-state index contributed by atoms with van der Waals surface area (Å²) in [5.74, 6) is 0. The lowest BCUT2D eigenvalue weighted by molar-refractivity contribution is -0.155. The molecule has 1 aliphatic heterocycles. The lowest BCUT2D eigenvalue weighted by Gasteiger charge is -2.40. The SMILES string of the molecule is CC1CN(Cc2ccc(N(C)CCC#N)cc2)CCN1CC(F)(F)F. The molecule has 1 fully saturated rings. The van der Waals surface area contributed by atoms with Crippen molar-refractivity contribution >= 4 is 5.69 Å². The van der Waals surface area contributed by atoms with E-state index in [0.29, 0.717) is 32.6 Å². The Morgan fingerprint density at radius 1 is 1.24 bits per heavy atom. The summed E-state index contributed by atoms with van der Waals surface area (Å²) in [5.41, 5.74) is 2.20. The first-order chi connectivity index (χ1) is 11.8. The van der Waals surface area contributed by atoms with Crippen LogP contribution in [0.25, 0.3) is 0 Å². The largest absolute Gasteiger partial charge is 0.401 e. The summed E-state index contributed by atoms with van der Waals surface area (Å²) in [5, 5.41) is 8.64. The molecule has 0 aromatic heterocycles. The Bertz CT molecular complexity index is 579. The highest BCUT2D eigenvalue weighted by atomic mass is 19.4. The van der Waals surface area contributed by atoms with Crippen LogP contribution in [-0.2, 0) is 6.54 Å². The van der Waals surface area contributed by atoms with Gasteiger partial charge < -0.3 is 4.90 Å². The molecule has 1 heterocycles. The van der Waals surface area contributed by atoms with Crippen LogP contribution in [-0.4, -0.2) is 61.8 Å². The summed E-state index contributed by atoms with van der Waals surface area (Å²) in [6.07, 6.45) is -3.65. The number of nitriles is 1. The van der Waals surface area contributed by atoms with Crippen molar-refractivity contribution in [3.8, 4) is 6.07 Å². The van der Waals surface area contributed by atoms with Gasteiger partial charge in [-0.2, -0.15) is 18.4 Å². The van der Waals surface area contributed by atoms with Crippen LogP contribution in [0, 0.1) is 11.3 Å². The van der Waals surface area contributed by atoms with E-state index >= 15 is 0 Å². The zero-order valence-electron chi connectivity index (χ0n) is 14.8. The van der Waals surface area contributed by atoms with Crippen LogP contribution in [0.1, 0.15) is 18.9 Å². The minimum absolute atomic E-state index is 0.105. The Kier molecular flexibility index (Phi) is 6.68. The number of anilines is 1. The van der Waals surface area contributed by atoms with Crippen LogP contribution in [0.5, 0.6) is 0 Å². The fraction of sp³-hybridized carbons (Fsp3) is 0.611. The van der Waals surface area contributed by atoms with E-state index < -0.39 is 12.7 Å². The molecule has 4 nitrogen and oxygen atoms in total. The van der Waals surface area contributed by atoms with Crippen LogP contribution in [0.2, 0.25) is 0 Å². The maximum absolute atomic E-state index is 12.6. The molecule has 0 radical (unpaired) electrons. The minimum Gasteiger partial charge on any atom is -0.374 e. The molecule has 1 aromatic carbocycles. The number of benzene rings is 1. The second-order valence-corrected chi connectivity index (χ2v) is 6.67.